The molecule has 1 aliphatic heterocycles. The Morgan fingerprint density at radius 3 is 2.38 bits per heavy atom. The van der Waals surface area contributed by atoms with E-state index < -0.39 is 0 Å². The van der Waals surface area contributed by atoms with E-state index in [1.165, 1.54) is 0 Å². The lowest BCUT2D eigenvalue weighted by Crippen LogP contribution is -2.46. The summed E-state index contributed by atoms with van der Waals surface area (Å²) in [6.45, 7) is 11.8. The SMILES string of the molecule is C=C1CC=C(C)C(=O)N1C(C)(C)C. The molecule has 0 aliphatic carbocycles. The van der Waals surface area contributed by atoms with Crippen molar-refractivity contribution in [3.63, 3.8) is 0 Å². The summed E-state index contributed by atoms with van der Waals surface area (Å²) >= 11 is 0. The molecule has 0 bridgehead atoms. The van der Waals surface area contributed by atoms with Crippen LogP contribution in [0.5, 0.6) is 0 Å². The molecular formula is C11H17NO. The van der Waals surface area contributed by atoms with Gasteiger partial charge in [0, 0.05) is 23.2 Å². The van der Waals surface area contributed by atoms with Crippen LogP contribution in [0.15, 0.2) is 23.9 Å². The fourth-order valence-corrected chi connectivity index (χ4v) is 1.55. The van der Waals surface area contributed by atoms with Gasteiger partial charge in [0.25, 0.3) is 5.91 Å². The molecule has 0 spiro atoms. The average molecular weight is 179 g/mol. The van der Waals surface area contributed by atoms with Crippen LogP contribution in [0.4, 0.5) is 0 Å². The lowest BCUT2D eigenvalue weighted by Gasteiger charge is -2.39. The van der Waals surface area contributed by atoms with Gasteiger partial charge in [0.05, 0.1) is 0 Å². The first-order chi connectivity index (χ1) is 5.84. The Bertz CT molecular complexity index is 281. The van der Waals surface area contributed by atoms with Crippen molar-refractivity contribution in [2.75, 3.05) is 0 Å². The highest BCUT2D eigenvalue weighted by atomic mass is 16.2. The van der Waals surface area contributed by atoms with Crippen molar-refractivity contribution in [1.29, 1.82) is 0 Å². The van der Waals surface area contributed by atoms with E-state index in [1.54, 1.807) is 4.90 Å². The van der Waals surface area contributed by atoms with Crippen LogP contribution in [0.1, 0.15) is 34.1 Å². The minimum absolute atomic E-state index is 0.0868. The van der Waals surface area contributed by atoms with Crippen molar-refractivity contribution >= 4 is 5.91 Å². The van der Waals surface area contributed by atoms with E-state index in [0.29, 0.717) is 0 Å². The molecule has 0 aromatic carbocycles. The lowest BCUT2D eigenvalue weighted by atomic mass is 9.99. The number of rotatable bonds is 0. The Hall–Kier alpha value is -1.05. The monoisotopic (exact) mass is 179 g/mol. The van der Waals surface area contributed by atoms with Gasteiger partial charge in [-0.3, -0.25) is 4.79 Å². The van der Waals surface area contributed by atoms with Crippen molar-refractivity contribution in [3.05, 3.63) is 23.9 Å². The molecule has 1 heterocycles. The van der Waals surface area contributed by atoms with E-state index in [1.807, 2.05) is 33.8 Å². The fraction of sp³-hybridized carbons (Fsp3) is 0.545. The highest BCUT2D eigenvalue weighted by molar-refractivity contribution is 5.95. The number of amides is 1. The molecule has 0 fully saturated rings. The van der Waals surface area contributed by atoms with Gasteiger partial charge in [0.1, 0.15) is 0 Å². The topological polar surface area (TPSA) is 20.3 Å². The third kappa shape index (κ3) is 1.82. The molecule has 0 N–H and O–H groups in total. The standard InChI is InChI=1S/C11H17NO/c1-8-6-7-9(2)12(10(8)13)11(3,4)5/h6H,2,7H2,1,3-5H3. The van der Waals surface area contributed by atoms with Crippen LogP contribution in [-0.2, 0) is 4.79 Å². The van der Waals surface area contributed by atoms with Crippen LogP contribution < -0.4 is 0 Å². The van der Waals surface area contributed by atoms with Crippen LogP contribution in [0, 0.1) is 0 Å². The van der Waals surface area contributed by atoms with Crippen LogP contribution >= 0.6 is 0 Å². The summed E-state index contributed by atoms with van der Waals surface area (Å²) in [5, 5.41) is 0. The Kier molecular flexibility index (Phi) is 2.33. The lowest BCUT2D eigenvalue weighted by molar-refractivity contribution is -0.129. The summed E-state index contributed by atoms with van der Waals surface area (Å²) in [5.74, 6) is 0.0868. The summed E-state index contributed by atoms with van der Waals surface area (Å²) in [6, 6.07) is 0. The minimum Gasteiger partial charge on any atom is -0.307 e. The number of nitrogens with zero attached hydrogens (tertiary/aromatic N) is 1. The second kappa shape index (κ2) is 3.02. The van der Waals surface area contributed by atoms with Crippen LogP contribution in [0.3, 0.4) is 0 Å². The van der Waals surface area contributed by atoms with Gasteiger partial charge in [0.2, 0.25) is 0 Å². The smallest absolute Gasteiger partial charge is 0.253 e. The van der Waals surface area contributed by atoms with Crippen molar-refractivity contribution in [1.82, 2.24) is 4.90 Å². The van der Waals surface area contributed by atoms with Crippen molar-refractivity contribution in [2.24, 2.45) is 0 Å². The third-order valence-corrected chi connectivity index (χ3v) is 2.17. The summed E-state index contributed by atoms with van der Waals surface area (Å²) in [4.78, 5) is 13.6. The summed E-state index contributed by atoms with van der Waals surface area (Å²) < 4.78 is 0. The molecule has 1 aliphatic rings. The average Bonchev–Trinajstić information content (AvgIpc) is 1.95. The zero-order valence-electron chi connectivity index (χ0n) is 8.85. The predicted molar refractivity (Wildman–Crippen MR) is 54.1 cm³/mol. The molecule has 2 nitrogen and oxygen atoms in total. The van der Waals surface area contributed by atoms with Gasteiger partial charge in [0.15, 0.2) is 0 Å². The van der Waals surface area contributed by atoms with Gasteiger partial charge >= 0.3 is 0 Å². The van der Waals surface area contributed by atoms with Gasteiger partial charge in [-0.25, -0.2) is 0 Å². The molecule has 0 saturated heterocycles. The summed E-state index contributed by atoms with van der Waals surface area (Å²) in [5.41, 5.74) is 1.55. The van der Waals surface area contributed by atoms with Crippen molar-refractivity contribution in [2.45, 2.75) is 39.7 Å². The Labute approximate surface area is 79.9 Å². The number of hydrogen-bond donors (Lipinski definition) is 0. The van der Waals surface area contributed by atoms with Crippen LogP contribution in [0.25, 0.3) is 0 Å². The van der Waals surface area contributed by atoms with E-state index in [4.69, 9.17) is 0 Å². The molecule has 0 radical (unpaired) electrons. The third-order valence-electron chi connectivity index (χ3n) is 2.17. The van der Waals surface area contributed by atoms with E-state index >= 15 is 0 Å². The summed E-state index contributed by atoms with van der Waals surface area (Å²) in [6.07, 6.45) is 2.72. The normalized spacial score (nSPS) is 19.1. The predicted octanol–water partition coefficient (Wildman–Crippen LogP) is 2.48. The first-order valence-corrected chi connectivity index (χ1v) is 4.53. The van der Waals surface area contributed by atoms with Gasteiger partial charge < -0.3 is 4.90 Å². The highest BCUT2D eigenvalue weighted by Gasteiger charge is 2.31. The Balaban J connectivity index is 3.04. The minimum atomic E-state index is -0.163. The first kappa shape index (κ1) is 10.0. The molecule has 1 rings (SSSR count). The molecule has 0 aromatic rings. The van der Waals surface area contributed by atoms with E-state index in [0.717, 1.165) is 17.7 Å². The number of carbonyl (C=O) groups is 1. The van der Waals surface area contributed by atoms with Crippen molar-refractivity contribution in [3.8, 4) is 0 Å². The number of carbonyl (C=O) groups excluding carboxylic acids is 1. The molecule has 13 heavy (non-hydrogen) atoms. The zero-order valence-corrected chi connectivity index (χ0v) is 8.85. The van der Waals surface area contributed by atoms with Crippen LogP contribution in [-0.4, -0.2) is 16.3 Å². The maximum Gasteiger partial charge on any atom is 0.253 e. The first-order valence-electron chi connectivity index (χ1n) is 4.53. The molecule has 0 atom stereocenters. The van der Waals surface area contributed by atoms with Gasteiger partial charge in [-0.2, -0.15) is 0 Å². The molecule has 1 amide bonds. The van der Waals surface area contributed by atoms with Crippen molar-refractivity contribution < 1.29 is 4.79 Å². The molecular weight excluding hydrogens is 162 g/mol. The highest BCUT2D eigenvalue weighted by Crippen LogP contribution is 2.27. The largest absolute Gasteiger partial charge is 0.307 e. The molecule has 0 saturated carbocycles. The maximum absolute atomic E-state index is 11.8. The molecule has 0 aromatic heterocycles. The second-order valence-electron chi connectivity index (χ2n) is 4.47. The molecule has 72 valence electrons. The quantitative estimate of drug-likeness (QED) is 0.559. The summed E-state index contributed by atoms with van der Waals surface area (Å²) in [7, 11) is 0. The van der Waals surface area contributed by atoms with Gasteiger partial charge in [-0.15, -0.1) is 0 Å². The Morgan fingerprint density at radius 2 is 2.00 bits per heavy atom. The fourth-order valence-electron chi connectivity index (χ4n) is 1.55. The second-order valence-corrected chi connectivity index (χ2v) is 4.47. The maximum atomic E-state index is 11.8. The van der Waals surface area contributed by atoms with E-state index in [9.17, 15) is 4.79 Å². The number of hydrogen-bond acceptors (Lipinski definition) is 1. The molecule has 0 unspecified atom stereocenters. The van der Waals surface area contributed by atoms with Gasteiger partial charge in [-0.1, -0.05) is 12.7 Å². The van der Waals surface area contributed by atoms with Crippen LogP contribution in [0.2, 0.25) is 0 Å². The zero-order chi connectivity index (χ0) is 10.2. The van der Waals surface area contributed by atoms with E-state index in [2.05, 4.69) is 6.58 Å². The number of allylic oxidation sites excluding steroid dienone is 1. The Morgan fingerprint density at radius 1 is 1.46 bits per heavy atom. The van der Waals surface area contributed by atoms with Gasteiger partial charge in [-0.05, 0) is 27.7 Å². The molecule has 2 heteroatoms. The van der Waals surface area contributed by atoms with E-state index in [-0.39, 0.29) is 11.4 Å².